The summed E-state index contributed by atoms with van der Waals surface area (Å²) in [6.07, 6.45) is 4.35. The smallest absolute Gasteiger partial charge is 0.223 e. The summed E-state index contributed by atoms with van der Waals surface area (Å²) >= 11 is 0. The lowest BCUT2D eigenvalue weighted by Gasteiger charge is -2.36. The maximum atomic E-state index is 12.1. The number of likely N-dealkylation sites (tertiary alicyclic amines) is 1. The van der Waals surface area contributed by atoms with E-state index in [1.807, 2.05) is 14.1 Å². The Labute approximate surface area is 113 Å². The fourth-order valence-corrected chi connectivity index (χ4v) is 2.80. The summed E-state index contributed by atoms with van der Waals surface area (Å²) in [4.78, 5) is 16.3. The number of piperidine rings is 1. The highest BCUT2D eigenvalue weighted by atomic mass is 16.2. The zero-order valence-corrected chi connectivity index (χ0v) is 12.8. The first kappa shape index (κ1) is 15.5. The molecule has 1 atom stereocenters. The fourth-order valence-electron chi connectivity index (χ4n) is 2.80. The van der Waals surface area contributed by atoms with Crippen molar-refractivity contribution < 1.29 is 4.79 Å². The van der Waals surface area contributed by atoms with Crippen LogP contribution in [0.15, 0.2) is 0 Å². The molecular formula is C15H30N2O. The molecule has 1 aliphatic rings. The molecule has 0 radical (unpaired) electrons. The number of carbonyl (C=O) groups excluding carboxylic acids is 1. The summed E-state index contributed by atoms with van der Waals surface area (Å²) < 4.78 is 0. The molecule has 1 aliphatic heterocycles. The van der Waals surface area contributed by atoms with Gasteiger partial charge in [-0.1, -0.05) is 20.8 Å². The first-order valence-corrected chi connectivity index (χ1v) is 7.20. The van der Waals surface area contributed by atoms with Gasteiger partial charge in [-0.25, -0.2) is 0 Å². The van der Waals surface area contributed by atoms with Crippen molar-refractivity contribution in [3.8, 4) is 0 Å². The van der Waals surface area contributed by atoms with Gasteiger partial charge in [0.1, 0.15) is 0 Å². The number of carbonyl (C=O) groups is 1. The van der Waals surface area contributed by atoms with Gasteiger partial charge in [0.25, 0.3) is 0 Å². The topological polar surface area (TPSA) is 23.6 Å². The second kappa shape index (κ2) is 6.55. The van der Waals surface area contributed by atoms with Gasteiger partial charge in [-0.15, -0.1) is 0 Å². The predicted molar refractivity (Wildman–Crippen MR) is 76.5 cm³/mol. The van der Waals surface area contributed by atoms with Crippen LogP contribution >= 0.6 is 0 Å². The highest BCUT2D eigenvalue weighted by Crippen LogP contribution is 2.30. The summed E-state index contributed by atoms with van der Waals surface area (Å²) in [5.41, 5.74) is 0.375. The third-order valence-electron chi connectivity index (χ3n) is 3.55. The summed E-state index contributed by atoms with van der Waals surface area (Å²) in [6, 6.07) is 0. The van der Waals surface area contributed by atoms with E-state index in [4.69, 9.17) is 0 Å². The van der Waals surface area contributed by atoms with E-state index in [1.54, 1.807) is 0 Å². The SMILES string of the molecule is CN(C)CCC(=O)N1CCCC(CC(C)(C)C)C1. The summed E-state index contributed by atoms with van der Waals surface area (Å²) in [5.74, 6) is 1.03. The number of hydrogen-bond donors (Lipinski definition) is 0. The molecule has 1 saturated heterocycles. The van der Waals surface area contributed by atoms with E-state index in [1.165, 1.54) is 19.3 Å². The van der Waals surface area contributed by atoms with Crippen molar-refractivity contribution in [2.45, 2.75) is 46.5 Å². The van der Waals surface area contributed by atoms with E-state index in [0.29, 0.717) is 23.7 Å². The van der Waals surface area contributed by atoms with Crippen LogP contribution in [0.2, 0.25) is 0 Å². The summed E-state index contributed by atoms with van der Waals surface area (Å²) in [6.45, 7) is 9.68. The van der Waals surface area contributed by atoms with E-state index in [9.17, 15) is 4.79 Å². The van der Waals surface area contributed by atoms with Gasteiger partial charge in [0.15, 0.2) is 0 Å². The van der Waals surface area contributed by atoms with Gasteiger partial charge < -0.3 is 9.80 Å². The maximum Gasteiger partial charge on any atom is 0.223 e. The Hall–Kier alpha value is -0.570. The molecule has 1 heterocycles. The fraction of sp³-hybridized carbons (Fsp3) is 0.933. The third-order valence-corrected chi connectivity index (χ3v) is 3.55. The van der Waals surface area contributed by atoms with Gasteiger partial charge in [-0.3, -0.25) is 4.79 Å². The molecule has 0 aliphatic carbocycles. The minimum absolute atomic E-state index is 0.335. The quantitative estimate of drug-likeness (QED) is 0.770. The standard InChI is InChI=1S/C15H30N2O/c1-15(2,3)11-13-7-6-9-17(12-13)14(18)8-10-16(4)5/h13H,6-12H2,1-5H3. The van der Waals surface area contributed by atoms with Crippen LogP contribution in [0.1, 0.15) is 46.5 Å². The van der Waals surface area contributed by atoms with Crippen molar-refractivity contribution in [3.05, 3.63) is 0 Å². The molecule has 0 spiro atoms. The normalized spacial score (nSPS) is 21.4. The Balaban J connectivity index is 2.40. The minimum atomic E-state index is 0.335. The molecule has 0 aromatic carbocycles. The number of amides is 1. The summed E-state index contributed by atoms with van der Waals surface area (Å²) in [7, 11) is 4.04. The maximum absolute atomic E-state index is 12.1. The lowest BCUT2D eigenvalue weighted by molar-refractivity contribution is -0.133. The molecule has 1 unspecified atom stereocenters. The third kappa shape index (κ3) is 5.85. The Kier molecular flexibility index (Phi) is 5.64. The van der Waals surface area contributed by atoms with Gasteiger partial charge in [-0.2, -0.15) is 0 Å². The molecule has 0 saturated carbocycles. The molecule has 18 heavy (non-hydrogen) atoms. The summed E-state index contributed by atoms with van der Waals surface area (Å²) in [5, 5.41) is 0. The van der Waals surface area contributed by atoms with Gasteiger partial charge in [0.05, 0.1) is 0 Å². The van der Waals surface area contributed by atoms with E-state index in [0.717, 1.165) is 19.6 Å². The number of rotatable bonds is 4. The molecule has 3 heteroatoms. The highest BCUT2D eigenvalue weighted by molar-refractivity contribution is 5.76. The molecule has 1 fully saturated rings. The molecule has 106 valence electrons. The Morgan fingerprint density at radius 2 is 2.00 bits per heavy atom. The van der Waals surface area contributed by atoms with Gasteiger partial charge in [0, 0.05) is 26.1 Å². The molecule has 0 N–H and O–H groups in total. The van der Waals surface area contributed by atoms with Crippen LogP contribution in [0, 0.1) is 11.3 Å². The second-order valence-electron chi connectivity index (χ2n) is 7.17. The van der Waals surface area contributed by atoms with E-state index >= 15 is 0 Å². The zero-order chi connectivity index (χ0) is 13.8. The van der Waals surface area contributed by atoms with Crippen LogP contribution in [0.5, 0.6) is 0 Å². The Morgan fingerprint density at radius 3 is 2.56 bits per heavy atom. The van der Waals surface area contributed by atoms with Crippen LogP contribution < -0.4 is 0 Å². The van der Waals surface area contributed by atoms with E-state index in [-0.39, 0.29) is 0 Å². The molecule has 1 rings (SSSR count). The van der Waals surface area contributed by atoms with Crippen LogP contribution in [0.4, 0.5) is 0 Å². The monoisotopic (exact) mass is 254 g/mol. The van der Waals surface area contributed by atoms with Crippen LogP contribution in [0.3, 0.4) is 0 Å². The average molecular weight is 254 g/mol. The predicted octanol–water partition coefficient (Wildman–Crippen LogP) is 2.61. The lowest BCUT2D eigenvalue weighted by atomic mass is 9.81. The molecular weight excluding hydrogens is 224 g/mol. The molecule has 3 nitrogen and oxygen atoms in total. The molecule has 0 bridgehead atoms. The molecule has 0 aromatic heterocycles. The number of hydrogen-bond acceptors (Lipinski definition) is 2. The van der Waals surface area contributed by atoms with Crippen molar-refractivity contribution in [2.24, 2.45) is 11.3 Å². The van der Waals surface area contributed by atoms with Gasteiger partial charge in [-0.05, 0) is 44.7 Å². The van der Waals surface area contributed by atoms with Gasteiger partial charge >= 0.3 is 0 Å². The lowest BCUT2D eigenvalue weighted by Crippen LogP contribution is -2.41. The van der Waals surface area contributed by atoms with Crippen molar-refractivity contribution in [1.82, 2.24) is 9.80 Å². The van der Waals surface area contributed by atoms with Crippen LogP contribution in [-0.2, 0) is 4.79 Å². The zero-order valence-electron chi connectivity index (χ0n) is 12.8. The van der Waals surface area contributed by atoms with Crippen molar-refractivity contribution >= 4 is 5.91 Å². The van der Waals surface area contributed by atoms with Crippen LogP contribution in [-0.4, -0.2) is 49.4 Å². The van der Waals surface area contributed by atoms with E-state index < -0.39 is 0 Å². The molecule has 0 aromatic rings. The largest absolute Gasteiger partial charge is 0.342 e. The van der Waals surface area contributed by atoms with Gasteiger partial charge in [0.2, 0.25) is 5.91 Å². The first-order valence-electron chi connectivity index (χ1n) is 7.20. The highest BCUT2D eigenvalue weighted by Gasteiger charge is 2.26. The number of nitrogens with zero attached hydrogens (tertiary/aromatic N) is 2. The first-order chi connectivity index (χ1) is 8.28. The Bertz CT molecular complexity index is 268. The van der Waals surface area contributed by atoms with Crippen molar-refractivity contribution in [1.29, 1.82) is 0 Å². The van der Waals surface area contributed by atoms with E-state index in [2.05, 4.69) is 30.6 Å². The van der Waals surface area contributed by atoms with Crippen molar-refractivity contribution in [2.75, 3.05) is 33.7 Å². The average Bonchev–Trinajstić information content (AvgIpc) is 2.23. The van der Waals surface area contributed by atoms with Crippen LogP contribution in [0.25, 0.3) is 0 Å². The second-order valence-corrected chi connectivity index (χ2v) is 7.17. The van der Waals surface area contributed by atoms with Crippen molar-refractivity contribution in [3.63, 3.8) is 0 Å². The Morgan fingerprint density at radius 1 is 1.33 bits per heavy atom. The molecule has 1 amide bonds. The minimum Gasteiger partial charge on any atom is -0.342 e.